The van der Waals surface area contributed by atoms with E-state index in [0.29, 0.717) is 6.61 Å². The van der Waals surface area contributed by atoms with Crippen LogP contribution in [-0.2, 0) is 0 Å². The summed E-state index contributed by atoms with van der Waals surface area (Å²) in [7, 11) is 0. The highest BCUT2D eigenvalue weighted by Gasteiger charge is 1.96. The molecule has 0 N–H and O–H groups in total. The Morgan fingerprint density at radius 2 is 1.28 bits per heavy atom. The van der Waals surface area contributed by atoms with E-state index in [4.69, 9.17) is 9.47 Å². The summed E-state index contributed by atoms with van der Waals surface area (Å²) in [5.74, 6) is 1.84. The summed E-state index contributed by atoms with van der Waals surface area (Å²) < 4.78 is 11.1. The summed E-state index contributed by atoms with van der Waals surface area (Å²) in [5.41, 5.74) is 0. The number of hydrogen-bond acceptors (Lipinski definition) is 2. The zero-order valence-corrected chi connectivity index (χ0v) is 11.8. The molecular formula is C16H26O2. The molecule has 0 aliphatic heterocycles. The van der Waals surface area contributed by atoms with Gasteiger partial charge >= 0.3 is 0 Å². The molecule has 1 aromatic rings. The molecule has 0 amide bonds. The second-order valence-corrected chi connectivity index (χ2v) is 4.52. The molecule has 2 heteroatoms. The van der Waals surface area contributed by atoms with Crippen LogP contribution in [0.1, 0.15) is 52.4 Å². The Morgan fingerprint density at radius 1 is 0.722 bits per heavy atom. The topological polar surface area (TPSA) is 18.5 Å². The Morgan fingerprint density at radius 3 is 1.89 bits per heavy atom. The van der Waals surface area contributed by atoms with Gasteiger partial charge in [0.25, 0.3) is 0 Å². The Balaban J connectivity index is 2.08. The first-order valence-corrected chi connectivity index (χ1v) is 7.22. The molecule has 0 bridgehead atoms. The second kappa shape index (κ2) is 9.81. The van der Waals surface area contributed by atoms with Crippen molar-refractivity contribution in [2.45, 2.75) is 52.4 Å². The van der Waals surface area contributed by atoms with Crippen LogP contribution in [0.3, 0.4) is 0 Å². The van der Waals surface area contributed by atoms with Crippen molar-refractivity contribution in [3.8, 4) is 11.5 Å². The fraction of sp³-hybridized carbons (Fsp3) is 0.625. The Kier molecular flexibility index (Phi) is 8.11. The van der Waals surface area contributed by atoms with Crippen molar-refractivity contribution >= 4 is 0 Å². The molecule has 0 saturated heterocycles. The normalized spacial score (nSPS) is 10.3. The van der Waals surface area contributed by atoms with Crippen LogP contribution in [0.2, 0.25) is 0 Å². The third kappa shape index (κ3) is 6.53. The number of ether oxygens (including phenoxy) is 2. The first-order chi connectivity index (χ1) is 8.86. The van der Waals surface area contributed by atoms with Crippen molar-refractivity contribution in [3.63, 3.8) is 0 Å². The molecule has 0 aliphatic rings. The molecule has 1 aromatic carbocycles. The quantitative estimate of drug-likeness (QED) is 0.554. The second-order valence-electron chi connectivity index (χ2n) is 4.52. The van der Waals surface area contributed by atoms with Gasteiger partial charge in [0.1, 0.15) is 11.5 Å². The first-order valence-electron chi connectivity index (χ1n) is 7.22. The van der Waals surface area contributed by atoms with Crippen molar-refractivity contribution in [2.75, 3.05) is 13.2 Å². The van der Waals surface area contributed by atoms with Crippen LogP contribution in [0.25, 0.3) is 0 Å². The van der Waals surface area contributed by atoms with Crippen molar-refractivity contribution in [3.05, 3.63) is 24.3 Å². The minimum absolute atomic E-state index is 0.706. The molecule has 0 radical (unpaired) electrons. The molecule has 102 valence electrons. The van der Waals surface area contributed by atoms with Crippen LogP contribution in [0, 0.1) is 0 Å². The van der Waals surface area contributed by atoms with E-state index in [1.165, 1.54) is 32.1 Å². The lowest BCUT2D eigenvalue weighted by molar-refractivity contribution is 0.302. The standard InChI is InChI=1S/C16H26O2/c1-3-5-6-7-8-9-14-18-16-12-10-15(11-13-16)17-4-2/h10-13H,3-9,14H2,1-2H3. The van der Waals surface area contributed by atoms with E-state index < -0.39 is 0 Å². The minimum atomic E-state index is 0.706. The molecule has 2 nitrogen and oxygen atoms in total. The lowest BCUT2D eigenvalue weighted by atomic mass is 10.1. The van der Waals surface area contributed by atoms with Crippen molar-refractivity contribution in [2.24, 2.45) is 0 Å². The van der Waals surface area contributed by atoms with Gasteiger partial charge in [-0.25, -0.2) is 0 Å². The fourth-order valence-electron chi connectivity index (χ4n) is 1.87. The van der Waals surface area contributed by atoms with Gasteiger partial charge < -0.3 is 9.47 Å². The lowest BCUT2D eigenvalue weighted by Gasteiger charge is -2.07. The summed E-state index contributed by atoms with van der Waals surface area (Å²) in [5, 5.41) is 0. The van der Waals surface area contributed by atoms with Gasteiger partial charge in [-0.1, -0.05) is 39.0 Å². The van der Waals surface area contributed by atoms with E-state index in [0.717, 1.165) is 24.5 Å². The maximum atomic E-state index is 5.69. The Hall–Kier alpha value is -1.18. The van der Waals surface area contributed by atoms with Gasteiger partial charge in [-0.05, 0) is 37.6 Å². The van der Waals surface area contributed by atoms with E-state index in [-0.39, 0.29) is 0 Å². The maximum absolute atomic E-state index is 5.69. The third-order valence-electron chi connectivity index (χ3n) is 2.90. The average Bonchev–Trinajstić information content (AvgIpc) is 2.40. The lowest BCUT2D eigenvalue weighted by Crippen LogP contribution is -1.97. The van der Waals surface area contributed by atoms with Crippen molar-refractivity contribution in [1.82, 2.24) is 0 Å². The molecule has 0 atom stereocenters. The molecule has 0 aromatic heterocycles. The Bertz CT molecular complexity index is 292. The molecule has 1 rings (SSSR count). The Labute approximate surface area is 111 Å². The zero-order valence-electron chi connectivity index (χ0n) is 11.8. The smallest absolute Gasteiger partial charge is 0.119 e. The predicted octanol–water partition coefficient (Wildman–Crippen LogP) is 4.82. The highest BCUT2D eigenvalue weighted by Crippen LogP contribution is 2.17. The zero-order chi connectivity index (χ0) is 13.1. The molecule has 0 aliphatic carbocycles. The first kappa shape index (κ1) is 14.9. The number of hydrogen-bond donors (Lipinski definition) is 0. The van der Waals surface area contributed by atoms with Gasteiger partial charge in [-0.3, -0.25) is 0 Å². The summed E-state index contributed by atoms with van der Waals surface area (Å²) in [4.78, 5) is 0. The average molecular weight is 250 g/mol. The molecule has 18 heavy (non-hydrogen) atoms. The molecule has 0 saturated carbocycles. The third-order valence-corrected chi connectivity index (χ3v) is 2.90. The van der Waals surface area contributed by atoms with Crippen molar-refractivity contribution in [1.29, 1.82) is 0 Å². The van der Waals surface area contributed by atoms with Gasteiger partial charge in [0.15, 0.2) is 0 Å². The van der Waals surface area contributed by atoms with Crippen LogP contribution in [0.15, 0.2) is 24.3 Å². The number of rotatable bonds is 10. The van der Waals surface area contributed by atoms with E-state index in [2.05, 4.69) is 6.92 Å². The van der Waals surface area contributed by atoms with Crippen LogP contribution >= 0.6 is 0 Å². The van der Waals surface area contributed by atoms with Gasteiger partial charge in [0.2, 0.25) is 0 Å². The van der Waals surface area contributed by atoms with E-state index >= 15 is 0 Å². The van der Waals surface area contributed by atoms with Gasteiger partial charge in [-0.15, -0.1) is 0 Å². The van der Waals surface area contributed by atoms with Gasteiger partial charge in [-0.2, -0.15) is 0 Å². The molecule has 0 spiro atoms. The van der Waals surface area contributed by atoms with Crippen molar-refractivity contribution < 1.29 is 9.47 Å². The fourth-order valence-corrected chi connectivity index (χ4v) is 1.87. The monoisotopic (exact) mass is 250 g/mol. The van der Waals surface area contributed by atoms with Gasteiger partial charge in [0.05, 0.1) is 13.2 Å². The van der Waals surface area contributed by atoms with Crippen LogP contribution in [-0.4, -0.2) is 13.2 Å². The van der Waals surface area contributed by atoms with Crippen LogP contribution in [0.5, 0.6) is 11.5 Å². The number of unbranched alkanes of at least 4 members (excludes halogenated alkanes) is 5. The summed E-state index contributed by atoms with van der Waals surface area (Å²) in [6.07, 6.45) is 7.79. The number of benzene rings is 1. The van der Waals surface area contributed by atoms with E-state index in [1.54, 1.807) is 0 Å². The van der Waals surface area contributed by atoms with Crippen LogP contribution in [0.4, 0.5) is 0 Å². The molecule has 0 heterocycles. The minimum Gasteiger partial charge on any atom is -0.494 e. The van der Waals surface area contributed by atoms with Gasteiger partial charge in [0, 0.05) is 0 Å². The van der Waals surface area contributed by atoms with E-state index in [1.807, 2.05) is 31.2 Å². The van der Waals surface area contributed by atoms with E-state index in [9.17, 15) is 0 Å². The SMILES string of the molecule is CCCCCCCCOc1ccc(OCC)cc1. The highest BCUT2D eigenvalue weighted by atomic mass is 16.5. The molecular weight excluding hydrogens is 224 g/mol. The maximum Gasteiger partial charge on any atom is 0.119 e. The summed E-state index contributed by atoms with van der Waals surface area (Å²) >= 11 is 0. The highest BCUT2D eigenvalue weighted by molar-refractivity contribution is 5.31. The summed E-state index contributed by atoms with van der Waals surface area (Å²) in [6.45, 7) is 5.76. The predicted molar refractivity (Wildman–Crippen MR) is 76.5 cm³/mol. The largest absolute Gasteiger partial charge is 0.494 e. The molecule has 0 fully saturated rings. The van der Waals surface area contributed by atoms with Crippen LogP contribution < -0.4 is 9.47 Å². The molecule has 0 unspecified atom stereocenters. The summed E-state index contributed by atoms with van der Waals surface area (Å²) in [6, 6.07) is 7.87.